The van der Waals surface area contributed by atoms with E-state index in [0.717, 1.165) is 22.6 Å². The summed E-state index contributed by atoms with van der Waals surface area (Å²) in [6.07, 6.45) is 0. The van der Waals surface area contributed by atoms with Crippen molar-refractivity contribution in [2.75, 3.05) is 4.90 Å². The molecule has 0 bridgehead atoms. The van der Waals surface area contributed by atoms with E-state index < -0.39 is 0 Å². The summed E-state index contributed by atoms with van der Waals surface area (Å²) in [7, 11) is 0. The first-order valence-electron chi connectivity index (χ1n) is 21.9. The van der Waals surface area contributed by atoms with Crippen LogP contribution in [-0.2, 0) is 5.41 Å². The van der Waals surface area contributed by atoms with Gasteiger partial charge in [-0.25, -0.2) is 0 Å². The van der Waals surface area contributed by atoms with Gasteiger partial charge in [-0.1, -0.05) is 206 Å². The predicted molar refractivity (Wildman–Crippen MR) is 267 cm³/mol. The van der Waals surface area contributed by atoms with Gasteiger partial charge in [0.25, 0.3) is 0 Å². The minimum absolute atomic E-state index is 0.276. The zero-order valence-electron chi connectivity index (χ0n) is 35.0. The van der Waals surface area contributed by atoms with E-state index in [-0.39, 0.29) is 5.41 Å². The predicted octanol–water partition coefficient (Wildman–Crippen LogP) is 17.0. The molecule has 0 amide bonds. The maximum absolute atomic E-state index is 2.47. The number of hydrogen-bond donors (Lipinski definition) is 0. The third-order valence-corrected chi connectivity index (χ3v) is 13.5. The molecule has 11 aromatic rings. The van der Waals surface area contributed by atoms with Crippen molar-refractivity contribution in [3.63, 3.8) is 0 Å². The second-order valence-electron chi connectivity index (χ2n) is 16.9. The lowest BCUT2D eigenvalue weighted by Crippen LogP contribution is -2.22. The Labute approximate surface area is 368 Å². The average molecular weight is 802 g/mol. The highest BCUT2D eigenvalue weighted by molar-refractivity contribution is 6.22. The smallest absolute Gasteiger partial charge is 0.0540 e. The highest BCUT2D eigenvalue weighted by Crippen LogP contribution is 2.54. The zero-order chi connectivity index (χ0) is 41.9. The van der Waals surface area contributed by atoms with Crippen LogP contribution in [0.3, 0.4) is 0 Å². The number of para-hydroxylation sites is 1. The molecule has 0 N–H and O–H groups in total. The number of fused-ring (bicyclic) bond motifs is 7. The van der Waals surface area contributed by atoms with Crippen molar-refractivity contribution in [3.05, 3.63) is 259 Å². The summed E-state index contributed by atoms with van der Waals surface area (Å²) in [6.45, 7) is 2.39. The molecule has 0 radical (unpaired) electrons. The van der Waals surface area contributed by atoms with Gasteiger partial charge in [-0.15, -0.1) is 0 Å². The maximum atomic E-state index is 2.47. The molecule has 1 aliphatic carbocycles. The summed E-state index contributed by atoms with van der Waals surface area (Å²) in [6, 6.07) is 89.4. The molecule has 12 rings (SSSR count). The Morgan fingerprint density at radius 1 is 0.317 bits per heavy atom. The summed E-state index contributed by atoms with van der Waals surface area (Å²) in [5.74, 6) is 0. The minimum atomic E-state index is -0.276. The third-order valence-electron chi connectivity index (χ3n) is 13.5. The van der Waals surface area contributed by atoms with Gasteiger partial charge in [-0.05, 0) is 131 Å². The van der Waals surface area contributed by atoms with Crippen molar-refractivity contribution in [2.45, 2.75) is 12.3 Å². The molecule has 11 aromatic carbocycles. The molecule has 0 aliphatic heterocycles. The lowest BCUT2D eigenvalue weighted by molar-refractivity contribution is 0.714. The van der Waals surface area contributed by atoms with Gasteiger partial charge < -0.3 is 4.90 Å². The molecule has 1 nitrogen and oxygen atoms in total. The molecule has 1 heteroatoms. The Hall–Kier alpha value is -8.00. The zero-order valence-corrected chi connectivity index (χ0v) is 35.0. The van der Waals surface area contributed by atoms with Gasteiger partial charge in [-0.3, -0.25) is 0 Å². The molecule has 0 aromatic heterocycles. The van der Waals surface area contributed by atoms with Crippen LogP contribution in [0.25, 0.3) is 76.8 Å². The largest absolute Gasteiger partial charge is 0.310 e. The van der Waals surface area contributed by atoms with Crippen LogP contribution in [0, 0.1) is 0 Å². The minimum Gasteiger partial charge on any atom is -0.310 e. The Balaban J connectivity index is 1.11. The highest BCUT2D eigenvalue weighted by atomic mass is 15.1. The molecule has 0 spiro atoms. The normalized spacial score (nSPS) is 14.2. The van der Waals surface area contributed by atoms with Crippen molar-refractivity contribution in [1.29, 1.82) is 0 Å². The summed E-state index contributed by atoms with van der Waals surface area (Å²) >= 11 is 0. The van der Waals surface area contributed by atoms with Gasteiger partial charge in [0, 0.05) is 22.4 Å². The van der Waals surface area contributed by atoms with E-state index in [4.69, 9.17) is 0 Å². The molecule has 296 valence electrons. The van der Waals surface area contributed by atoms with Crippen molar-refractivity contribution in [1.82, 2.24) is 0 Å². The lowest BCUT2D eigenvalue weighted by atomic mass is 9.74. The van der Waals surface area contributed by atoms with Crippen molar-refractivity contribution >= 4 is 49.4 Å². The van der Waals surface area contributed by atoms with E-state index in [0.29, 0.717) is 0 Å². The van der Waals surface area contributed by atoms with Gasteiger partial charge in [0.2, 0.25) is 0 Å². The first kappa shape index (κ1) is 36.8. The fourth-order valence-corrected chi connectivity index (χ4v) is 10.5. The van der Waals surface area contributed by atoms with Crippen LogP contribution >= 0.6 is 0 Å². The van der Waals surface area contributed by atoms with Crippen LogP contribution in [0.1, 0.15) is 23.6 Å². The van der Waals surface area contributed by atoms with Crippen LogP contribution in [0.4, 0.5) is 17.1 Å². The van der Waals surface area contributed by atoms with Gasteiger partial charge in [-0.2, -0.15) is 0 Å². The summed E-state index contributed by atoms with van der Waals surface area (Å²) in [4.78, 5) is 2.47. The first-order chi connectivity index (χ1) is 31.1. The average Bonchev–Trinajstić information content (AvgIpc) is 3.62. The van der Waals surface area contributed by atoms with Gasteiger partial charge in [0.15, 0.2) is 0 Å². The summed E-state index contributed by atoms with van der Waals surface area (Å²) in [5, 5.41) is 7.42. The molecule has 1 aliphatic rings. The number of benzene rings is 11. The summed E-state index contributed by atoms with van der Waals surface area (Å²) in [5.41, 5.74) is 16.9. The quantitative estimate of drug-likeness (QED) is 0.145. The van der Waals surface area contributed by atoms with Crippen LogP contribution in [0.15, 0.2) is 243 Å². The second kappa shape index (κ2) is 14.9. The topological polar surface area (TPSA) is 3.24 Å². The molecule has 1 unspecified atom stereocenters. The summed E-state index contributed by atoms with van der Waals surface area (Å²) < 4.78 is 0. The van der Waals surface area contributed by atoms with E-state index in [1.807, 2.05) is 0 Å². The Morgan fingerprint density at radius 2 is 0.857 bits per heavy atom. The third kappa shape index (κ3) is 5.92. The monoisotopic (exact) mass is 801 g/mol. The Morgan fingerprint density at radius 3 is 1.62 bits per heavy atom. The van der Waals surface area contributed by atoms with Crippen LogP contribution in [0.2, 0.25) is 0 Å². The molecule has 0 fully saturated rings. The number of hydrogen-bond acceptors (Lipinski definition) is 1. The number of rotatable bonds is 7. The van der Waals surface area contributed by atoms with E-state index in [9.17, 15) is 0 Å². The Bertz CT molecular complexity index is 3520. The molecule has 1 atom stereocenters. The van der Waals surface area contributed by atoms with Crippen molar-refractivity contribution < 1.29 is 0 Å². The molecular formula is C62H43N. The fraction of sp³-hybridized carbons (Fsp3) is 0.0323. The van der Waals surface area contributed by atoms with Crippen molar-refractivity contribution in [3.8, 4) is 44.5 Å². The maximum Gasteiger partial charge on any atom is 0.0540 e. The van der Waals surface area contributed by atoms with Gasteiger partial charge in [0.05, 0.1) is 5.69 Å². The fourth-order valence-electron chi connectivity index (χ4n) is 10.5. The van der Waals surface area contributed by atoms with Crippen LogP contribution in [-0.4, -0.2) is 0 Å². The van der Waals surface area contributed by atoms with E-state index >= 15 is 0 Å². The molecule has 63 heavy (non-hydrogen) atoms. The number of anilines is 3. The lowest BCUT2D eigenvalue weighted by Gasteiger charge is -2.30. The van der Waals surface area contributed by atoms with Gasteiger partial charge >= 0.3 is 0 Å². The first-order valence-corrected chi connectivity index (χ1v) is 21.9. The van der Waals surface area contributed by atoms with Crippen molar-refractivity contribution in [2.24, 2.45) is 0 Å². The second-order valence-corrected chi connectivity index (χ2v) is 16.9. The molecule has 0 saturated heterocycles. The number of nitrogens with zero attached hydrogens (tertiary/aromatic N) is 1. The molecular weight excluding hydrogens is 759 g/mol. The molecule has 0 saturated carbocycles. The van der Waals surface area contributed by atoms with Crippen LogP contribution in [0.5, 0.6) is 0 Å². The molecule has 0 heterocycles. The van der Waals surface area contributed by atoms with Crippen LogP contribution < -0.4 is 4.90 Å². The Kier molecular flexibility index (Phi) is 8.69. The SMILES string of the molecule is CC1(c2ccccc2)c2ccccc2-c2cc(N(c3ccc4ccccc4c3)c3ccccc3-c3ccc4c(c3)c(-c3ccccc3)c(-c3ccccc3)c3ccccc34)ccc21. The van der Waals surface area contributed by atoms with E-state index in [1.165, 1.54) is 88.0 Å². The van der Waals surface area contributed by atoms with Gasteiger partial charge in [0.1, 0.15) is 0 Å². The van der Waals surface area contributed by atoms with E-state index in [1.54, 1.807) is 0 Å². The highest BCUT2D eigenvalue weighted by Gasteiger charge is 2.41. The standard InChI is InChI=1S/C62H43N/c1-62(47-25-9-4-10-26-47)57-31-17-15-29-53(57)55-41-49(36-38-58(55)62)63(48-35-33-42-19-11-12-24-45(42)39-48)59-32-18-16-27-50(59)46-34-37-52-51-28-13-14-30-54(51)60(43-20-5-2-6-21-43)61(56(52)40-46)44-22-7-3-8-23-44/h2-41H,1H3. The van der Waals surface area contributed by atoms with E-state index in [2.05, 4.69) is 254 Å².